The second-order valence-corrected chi connectivity index (χ2v) is 8.96. The summed E-state index contributed by atoms with van der Waals surface area (Å²) < 4.78 is 10.8. The molecule has 1 aliphatic carbocycles. The normalized spacial score (nSPS) is 27.1. The van der Waals surface area contributed by atoms with E-state index in [2.05, 4.69) is 0 Å². The molecule has 1 aromatic rings. The molecule has 0 aromatic heterocycles. The Bertz CT molecular complexity index is 855. The van der Waals surface area contributed by atoms with Crippen LogP contribution in [0.1, 0.15) is 32.3 Å². The summed E-state index contributed by atoms with van der Waals surface area (Å²) in [4.78, 5) is 40.0. The number of hydrogen-bond donors (Lipinski definition) is 2. The van der Waals surface area contributed by atoms with E-state index in [-0.39, 0.29) is 19.1 Å². The Morgan fingerprint density at radius 2 is 1.87 bits per heavy atom. The van der Waals surface area contributed by atoms with Crippen LogP contribution >= 0.6 is 0 Å². The molecule has 0 spiro atoms. The smallest absolute Gasteiger partial charge is 0.416 e. The molecule has 1 saturated carbocycles. The Balaban J connectivity index is 1.57. The highest BCUT2D eigenvalue weighted by atomic mass is 16.6. The molecule has 4 atom stereocenters. The number of benzene rings is 1. The number of imide groups is 1. The molecule has 9 heteroatoms. The molecule has 2 N–H and O–H groups in total. The van der Waals surface area contributed by atoms with Crippen molar-refractivity contribution in [2.45, 2.75) is 57.0 Å². The van der Waals surface area contributed by atoms with Gasteiger partial charge in [0, 0.05) is 0 Å². The van der Waals surface area contributed by atoms with Crippen molar-refractivity contribution >= 4 is 18.1 Å². The average Bonchev–Trinajstić information content (AvgIpc) is 3.39. The lowest BCUT2D eigenvalue weighted by molar-refractivity contribution is -0.140. The van der Waals surface area contributed by atoms with Gasteiger partial charge in [-0.1, -0.05) is 30.3 Å². The number of nitrogens with zero attached hydrogens (tertiary/aromatic N) is 2. The van der Waals surface area contributed by atoms with Crippen molar-refractivity contribution < 1.29 is 34.1 Å². The van der Waals surface area contributed by atoms with E-state index in [4.69, 9.17) is 9.47 Å². The number of carbonyl (C=O) groups excluding carboxylic acids is 2. The number of aliphatic hydroxyl groups is 1. The number of amides is 3. The van der Waals surface area contributed by atoms with Gasteiger partial charge < -0.3 is 19.7 Å². The molecule has 2 aliphatic heterocycles. The predicted octanol–water partition coefficient (Wildman–Crippen LogP) is 2.08. The summed E-state index contributed by atoms with van der Waals surface area (Å²) in [6.07, 6.45) is -1.30. The maximum absolute atomic E-state index is 13.5. The molecule has 31 heavy (non-hydrogen) atoms. The van der Waals surface area contributed by atoms with E-state index >= 15 is 0 Å². The maximum atomic E-state index is 13.5. The summed E-state index contributed by atoms with van der Waals surface area (Å²) in [7, 11) is 0. The van der Waals surface area contributed by atoms with Gasteiger partial charge in [-0.05, 0) is 44.6 Å². The largest absolute Gasteiger partial charge is 0.465 e. The third-order valence-electron chi connectivity index (χ3n) is 6.42. The molecule has 0 radical (unpaired) electrons. The zero-order valence-electron chi connectivity index (χ0n) is 17.6. The molecular formula is C22H28N2O7. The SMILES string of the molecule is CC1(C)OC[C@H](C(O)C(C(=O)N2C(=O)OC[C@H]2Cc2ccccc2)C2CC2)N1C(=O)O. The minimum absolute atomic E-state index is 0.0190. The summed E-state index contributed by atoms with van der Waals surface area (Å²) in [5, 5.41) is 20.8. The van der Waals surface area contributed by atoms with E-state index in [1.165, 1.54) is 0 Å². The van der Waals surface area contributed by atoms with Crippen molar-refractivity contribution in [3.8, 4) is 0 Å². The lowest BCUT2D eigenvalue weighted by atomic mass is 9.89. The standard InChI is InChI=1S/C22H28N2O7/c1-22(2)24(20(27)28)16(12-31-22)18(25)17(14-8-9-14)19(26)23-15(11-30-21(23)29)10-13-6-4-3-5-7-13/h3-7,14-18,25H,8-12H2,1-2H3,(H,27,28)/t15-,16-,17?,18?/m1/s1. The third-order valence-corrected chi connectivity index (χ3v) is 6.42. The van der Waals surface area contributed by atoms with E-state index in [9.17, 15) is 24.6 Å². The van der Waals surface area contributed by atoms with Crippen molar-refractivity contribution in [2.24, 2.45) is 11.8 Å². The summed E-state index contributed by atoms with van der Waals surface area (Å²) in [5.74, 6) is -1.51. The molecule has 3 aliphatic rings. The second-order valence-electron chi connectivity index (χ2n) is 8.96. The number of aliphatic hydroxyl groups excluding tert-OH is 1. The van der Waals surface area contributed by atoms with E-state index in [0.717, 1.165) is 28.2 Å². The van der Waals surface area contributed by atoms with Crippen LogP contribution in [0.4, 0.5) is 9.59 Å². The zero-order chi connectivity index (χ0) is 22.3. The Morgan fingerprint density at radius 1 is 1.19 bits per heavy atom. The number of ether oxygens (including phenoxy) is 2. The van der Waals surface area contributed by atoms with Gasteiger partial charge in [-0.2, -0.15) is 0 Å². The summed E-state index contributed by atoms with van der Waals surface area (Å²) >= 11 is 0. The summed E-state index contributed by atoms with van der Waals surface area (Å²) in [6, 6.07) is 8.14. The fourth-order valence-corrected chi connectivity index (χ4v) is 4.71. The van der Waals surface area contributed by atoms with Gasteiger partial charge >= 0.3 is 12.2 Å². The van der Waals surface area contributed by atoms with Crippen LogP contribution in [0.25, 0.3) is 0 Å². The molecule has 3 amide bonds. The van der Waals surface area contributed by atoms with Crippen LogP contribution in [0.2, 0.25) is 0 Å². The number of carboxylic acid groups (broad SMARTS) is 1. The number of carbonyl (C=O) groups is 3. The molecule has 2 saturated heterocycles. The molecule has 0 bridgehead atoms. The van der Waals surface area contributed by atoms with E-state index in [0.29, 0.717) is 6.42 Å². The highest BCUT2D eigenvalue weighted by Crippen LogP contribution is 2.43. The molecule has 3 fully saturated rings. The molecule has 9 nitrogen and oxygen atoms in total. The lowest BCUT2D eigenvalue weighted by Crippen LogP contribution is -2.56. The minimum Gasteiger partial charge on any atom is -0.465 e. The van der Waals surface area contributed by atoms with Gasteiger partial charge in [0.2, 0.25) is 5.91 Å². The Hall–Kier alpha value is -2.65. The monoisotopic (exact) mass is 432 g/mol. The average molecular weight is 432 g/mol. The van der Waals surface area contributed by atoms with E-state index < -0.39 is 47.9 Å². The van der Waals surface area contributed by atoms with Crippen LogP contribution in [0.15, 0.2) is 30.3 Å². The molecular weight excluding hydrogens is 404 g/mol. The van der Waals surface area contributed by atoms with Gasteiger partial charge in [0.25, 0.3) is 0 Å². The van der Waals surface area contributed by atoms with Crippen molar-refractivity contribution in [1.82, 2.24) is 9.80 Å². The molecule has 168 valence electrons. The molecule has 4 rings (SSSR count). The summed E-state index contributed by atoms with van der Waals surface area (Å²) in [6.45, 7) is 3.29. The Kier molecular flexibility index (Phi) is 5.65. The lowest BCUT2D eigenvalue weighted by Gasteiger charge is -2.36. The fraction of sp³-hybridized carbons (Fsp3) is 0.591. The zero-order valence-corrected chi connectivity index (χ0v) is 17.6. The van der Waals surface area contributed by atoms with Crippen LogP contribution in [-0.2, 0) is 20.7 Å². The quantitative estimate of drug-likeness (QED) is 0.707. The minimum atomic E-state index is -1.29. The van der Waals surface area contributed by atoms with Crippen LogP contribution in [-0.4, -0.2) is 75.2 Å². The number of hydrogen-bond acceptors (Lipinski definition) is 6. The number of cyclic esters (lactones) is 1. The Morgan fingerprint density at radius 3 is 2.48 bits per heavy atom. The topological polar surface area (TPSA) is 117 Å². The highest BCUT2D eigenvalue weighted by molar-refractivity contribution is 5.95. The fourth-order valence-electron chi connectivity index (χ4n) is 4.71. The highest BCUT2D eigenvalue weighted by Gasteiger charge is 2.54. The first kappa shape index (κ1) is 21.6. The van der Waals surface area contributed by atoms with E-state index in [1.807, 2.05) is 30.3 Å². The predicted molar refractivity (Wildman–Crippen MR) is 108 cm³/mol. The van der Waals surface area contributed by atoms with Crippen LogP contribution in [0.5, 0.6) is 0 Å². The van der Waals surface area contributed by atoms with Crippen LogP contribution in [0.3, 0.4) is 0 Å². The van der Waals surface area contributed by atoms with Crippen molar-refractivity contribution in [2.75, 3.05) is 13.2 Å². The van der Waals surface area contributed by atoms with Crippen molar-refractivity contribution in [3.05, 3.63) is 35.9 Å². The molecule has 2 unspecified atom stereocenters. The van der Waals surface area contributed by atoms with Gasteiger partial charge in [0.15, 0.2) is 0 Å². The Labute approximate surface area is 180 Å². The van der Waals surface area contributed by atoms with E-state index in [1.54, 1.807) is 13.8 Å². The number of rotatable bonds is 6. The van der Waals surface area contributed by atoms with Gasteiger partial charge in [0.1, 0.15) is 12.3 Å². The van der Waals surface area contributed by atoms with Gasteiger partial charge in [-0.25, -0.2) is 14.5 Å². The van der Waals surface area contributed by atoms with Crippen molar-refractivity contribution in [3.63, 3.8) is 0 Å². The van der Waals surface area contributed by atoms with Gasteiger partial charge in [-0.3, -0.25) is 9.69 Å². The van der Waals surface area contributed by atoms with Gasteiger partial charge in [0.05, 0.1) is 30.7 Å². The second kappa shape index (κ2) is 8.12. The first-order chi connectivity index (χ1) is 14.7. The first-order valence-electron chi connectivity index (χ1n) is 10.6. The van der Waals surface area contributed by atoms with Gasteiger partial charge in [-0.15, -0.1) is 0 Å². The van der Waals surface area contributed by atoms with Crippen LogP contribution in [0, 0.1) is 11.8 Å². The molecule has 2 heterocycles. The molecule has 1 aromatic carbocycles. The summed E-state index contributed by atoms with van der Waals surface area (Å²) in [5.41, 5.74) is -0.146. The van der Waals surface area contributed by atoms with Crippen molar-refractivity contribution in [1.29, 1.82) is 0 Å². The maximum Gasteiger partial charge on any atom is 0.416 e. The third kappa shape index (κ3) is 4.12. The van der Waals surface area contributed by atoms with Crippen LogP contribution < -0.4 is 0 Å². The first-order valence-corrected chi connectivity index (χ1v) is 10.6.